The first-order valence-electron chi connectivity index (χ1n) is 8.51. The third kappa shape index (κ3) is 2.68. The molecule has 6 heteroatoms. The van der Waals surface area contributed by atoms with Crippen molar-refractivity contribution < 1.29 is 4.79 Å². The topological polar surface area (TPSA) is 96.7 Å². The molecule has 2 aromatic heterocycles. The molecule has 1 aliphatic rings. The summed E-state index contributed by atoms with van der Waals surface area (Å²) < 4.78 is 0. The van der Waals surface area contributed by atoms with E-state index < -0.39 is 0 Å². The van der Waals surface area contributed by atoms with Crippen LogP contribution in [0, 0.1) is 13.8 Å². The molecule has 1 atom stereocenters. The number of nitrogens with zero attached hydrogens (tertiary/aromatic N) is 2. The standard InChI is InChI=1S/C19H21N5O/c1-10-7-15(17-11(2)23-24-18(17)21-10)19(25)22-16-6-4-13-8-12(9-20)3-5-14(13)16/h3,5,7-8,16H,4,6,9,20H2,1-2H3,(H,22,25)(H,21,23,24). The second-order valence-corrected chi connectivity index (χ2v) is 6.66. The normalized spacial score (nSPS) is 16.2. The first-order valence-corrected chi connectivity index (χ1v) is 8.51. The second-order valence-electron chi connectivity index (χ2n) is 6.66. The predicted molar refractivity (Wildman–Crippen MR) is 96.2 cm³/mol. The molecule has 1 unspecified atom stereocenters. The van der Waals surface area contributed by atoms with Crippen LogP contribution in [-0.2, 0) is 13.0 Å². The summed E-state index contributed by atoms with van der Waals surface area (Å²) in [6, 6.07) is 8.14. The van der Waals surface area contributed by atoms with Gasteiger partial charge in [0.1, 0.15) is 0 Å². The highest BCUT2D eigenvalue weighted by Gasteiger charge is 2.26. The molecule has 6 nitrogen and oxygen atoms in total. The van der Waals surface area contributed by atoms with Crippen LogP contribution in [-0.4, -0.2) is 21.1 Å². The average Bonchev–Trinajstić information content (AvgIpc) is 3.17. The molecule has 3 aromatic rings. The van der Waals surface area contributed by atoms with Crippen molar-refractivity contribution in [1.82, 2.24) is 20.5 Å². The van der Waals surface area contributed by atoms with E-state index in [9.17, 15) is 4.79 Å². The van der Waals surface area contributed by atoms with Gasteiger partial charge in [0.15, 0.2) is 5.65 Å². The minimum atomic E-state index is -0.0826. The van der Waals surface area contributed by atoms with Crippen molar-refractivity contribution in [3.63, 3.8) is 0 Å². The van der Waals surface area contributed by atoms with Gasteiger partial charge in [0, 0.05) is 17.9 Å². The number of carbonyl (C=O) groups excluding carboxylic acids is 1. The molecule has 0 saturated carbocycles. The Morgan fingerprint density at radius 2 is 2.20 bits per heavy atom. The molecule has 0 aliphatic heterocycles. The number of aromatic nitrogens is 3. The minimum absolute atomic E-state index is 0.0325. The molecular formula is C19H21N5O. The summed E-state index contributed by atoms with van der Waals surface area (Å²) in [5, 5.41) is 11.1. The lowest BCUT2D eigenvalue weighted by atomic mass is 10.0. The monoisotopic (exact) mass is 335 g/mol. The van der Waals surface area contributed by atoms with E-state index in [1.165, 1.54) is 11.1 Å². The molecule has 0 spiro atoms. The van der Waals surface area contributed by atoms with Gasteiger partial charge in [0.25, 0.3) is 5.91 Å². The Morgan fingerprint density at radius 1 is 1.36 bits per heavy atom. The van der Waals surface area contributed by atoms with Crippen LogP contribution in [0.5, 0.6) is 0 Å². The fourth-order valence-corrected chi connectivity index (χ4v) is 3.66. The fourth-order valence-electron chi connectivity index (χ4n) is 3.66. The molecule has 4 N–H and O–H groups in total. The Kier molecular flexibility index (Phi) is 3.77. The largest absolute Gasteiger partial charge is 0.345 e. The Morgan fingerprint density at radius 3 is 3.00 bits per heavy atom. The molecule has 128 valence electrons. The molecule has 0 fully saturated rings. The van der Waals surface area contributed by atoms with E-state index in [1.807, 2.05) is 26.0 Å². The molecule has 0 bridgehead atoms. The van der Waals surface area contributed by atoms with Crippen LogP contribution in [0.4, 0.5) is 0 Å². The molecule has 1 aliphatic carbocycles. The Balaban J connectivity index is 1.65. The number of fused-ring (bicyclic) bond motifs is 2. The van der Waals surface area contributed by atoms with Gasteiger partial charge >= 0.3 is 0 Å². The lowest BCUT2D eigenvalue weighted by Crippen LogP contribution is -2.27. The summed E-state index contributed by atoms with van der Waals surface area (Å²) in [6.07, 6.45) is 1.87. The van der Waals surface area contributed by atoms with Crippen molar-refractivity contribution in [2.75, 3.05) is 0 Å². The first kappa shape index (κ1) is 15.8. The highest BCUT2D eigenvalue weighted by atomic mass is 16.1. The molecule has 4 rings (SSSR count). The van der Waals surface area contributed by atoms with Gasteiger partial charge in [0.2, 0.25) is 0 Å². The molecule has 1 amide bonds. The number of nitrogens with two attached hydrogens (primary N) is 1. The molecule has 2 heterocycles. The zero-order chi connectivity index (χ0) is 17.6. The van der Waals surface area contributed by atoms with Gasteiger partial charge in [-0.3, -0.25) is 9.89 Å². The van der Waals surface area contributed by atoms with Crippen LogP contribution in [0.3, 0.4) is 0 Å². The number of H-pyrrole nitrogens is 1. The lowest BCUT2D eigenvalue weighted by Gasteiger charge is -2.15. The average molecular weight is 335 g/mol. The highest BCUT2D eigenvalue weighted by molar-refractivity contribution is 6.06. The third-order valence-corrected chi connectivity index (χ3v) is 4.90. The summed E-state index contributed by atoms with van der Waals surface area (Å²) in [5.41, 5.74) is 12.2. The van der Waals surface area contributed by atoms with Crippen molar-refractivity contribution in [1.29, 1.82) is 0 Å². The van der Waals surface area contributed by atoms with Gasteiger partial charge in [-0.25, -0.2) is 4.98 Å². The zero-order valence-electron chi connectivity index (χ0n) is 14.4. The van der Waals surface area contributed by atoms with E-state index in [1.54, 1.807) is 0 Å². The van der Waals surface area contributed by atoms with E-state index >= 15 is 0 Å². The van der Waals surface area contributed by atoms with Gasteiger partial charge in [-0.05, 0) is 49.4 Å². The van der Waals surface area contributed by atoms with Crippen LogP contribution in [0.1, 0.15) is 50.9 Å². The molecule has 25 heavy (non-hydrogen) atoms. The van der Waals surface area contributed by atoms with E-state index in [4.69, 9.17) is 5.73 Å². The fraction of sp³-hybridized carbons (Fsp3) is 0.316. The van der Waals surface area contributed by atoms with E-state index in [0.29, 0.717) is 17.8 Å². The number of hydrogen-bond donors (Lipinski definition) is 3. The van der Waals surface area contributed by atoms with Gasteiger partial charge in [-0.15, -0.1) is 0 Å². The van der Waals surface area contributed by atoms with E-state index in [-0.39, 0.29) is 11.9 Å². The van der Waals surface area contributed by atoms with Gasteiger partial charge in [0.05, 0.1) is 17.0 Å². The van der Waals surface area contributed by atoms with Crippen molar-refractivity contribution in [2.45, 2.75) is 39.3 Å². The van der Waals surface area contributed by atoms with E-state index in [0.717, 1.165) is 35.2 Å². The highest BCUT2D eigenvalue weighted by Crippen LogP contribution is 2.32. The number of hydrogen-bond acceptors (Lipinski definition) is 4. The first-order chi connectivity index (χ1) is 12.1. The van der Waals surface area contributed by atoms with Gasteiger partial charge < -0.3 is 11.1 Å². The maximum Gasteiger partial charge on any atom is 0.252 e. The summed E-state index contributed by atoms with van der Waals surface area (Å²) in [5.74, 6) is -0.0826. The lowest BCUT2D eigenvalue weighted by molar-refractivity contribution is 0.0938. The number of benzene rings is 1. The molecular weight excluding hydrogens is 314 g/mol. The maximum absolute atomic E-state index is 12.9. The van der Waals surface area contributed by atoms with Crippen LogP contribution in [0.2, 0.25) is 0 Å². The van der Waals surface area contributed by atoms with Gasteiger partial charge in [-0.1, -0.05) is 18.2 Å². The minimum Gasteiger partial charge on any atom is -0.345 e. The van der Waals surface area contributed by atoms with Crippen LogP contribution in [0.15, 0.2) is 24.3 Å². The van der Waals surface area contributed by atoms with Gasteiger partial charge in [-0.2, -0.15) is 5.10 Å². The SMILES string of the molecule is Cc1cc(C(=O)NC2CCc3cc(CN)ccc32)c2c(C)[nH]nc2n1. The molecule has 0 radical (unpaired) electrons. The third-order valence-electron chi connectivity index (χ3n) is 4.90. The summed E-state index contributed by atoms with van der Waals surface area (Å²) in [4.78, 5) is 17.3. The van der Waals surface area contributed by atoms with E-state index in [2.05, 4.69) is 32.6 Å². The number of rotatable bonds is 3. The summed E-state index contributed by atoms with van der Waals surface area (Å²) in [7, 11) is 0. The second kappa shape index (κ2) is 5.97. The Bertz CT molecular complexity index is 975. The summed E-state index contributed by atoms with van der Waals surface area (Å²) in [6.45, 7) is 4.32. The number of nitrogens with one attached hydrogen (secondary N) is 2. The summed E-state index contributed by atoms with van der Waals surface area (Å²) >= 11 is 0. The predicted octanol–water partition coefficient (Wildman–Crippen LogP) is 2.45. The quantitative estimate of drug-likeness (QED) is 0.685. The number of aromatic amines is 1. The van der Waals surface area contributed by atoms with Crippen molar-refractivity contribution in [2.24, 2.45) is 5.73 Å². The smallest absolute Gasteiger partial charge is 0.252 e. The van der Waals surface area contributed by atoms with Crippen molar-refractivity contribution in [3.8, 4) is 0 Å². The number of amides is 1. The number of carbonyl (C=O) groups is 1. The number of aryl methyl sites for hydroxylation is 3. The molecule has 0 saturated heterocycles. The van der Waals surface area contributed by atoms with Crippen LogP contribution in [0.25, 0.3) is 11.0 Å². The Labute approximate surface area is 145 Å². The number of pyridine rings is 1. The zero-order valence-corrected chi connectivity index (χ0v) is 14.4. The van der Waals surface area contributed by atoms with Crippen molar-refractivity contribution in [3.05, 3.63) is 57.9 Å². The Hall–Kier alpha value is -2.73. The van der Waals surface area contributed by atoms with Crippen molar-refractivity contribution >= 4 is 16.9 Å². The van der Waals surface area contributed by atoms with Crippen LogP contribution >= 0.6 is 0 Å². The van der Waals surface area contributed by atoms with Crippen LogP contribution < -0.4 is 11.1 Å². The molecule has 1 aromatic carbocycles. The maximum atomic E-state index is 12.9.